The summed E-state index contributed by atoms with van der Waals surface area (Å²) in [6.07, 6.45) is 0. The standard InChI is InChI=1S/C24H27N3O2S/c1-16-9-11-19(12-10-16)24(20-8-5-13-30-20)26-14-21(28)25-15-22(29)27-23-17(2)6-4-7-18(23)3/h4-13,24,26H,14-15H2,1-3H3,(H,25,28)(H,27,29)/p+1/t24-/m1/s1. The summed E-state index contributed by atoms with van der Waals surface area (Å²) >= 11 is 1.68. The fourth-order valence-corrected chi connectivity index (χ4v) is 4.18. The molecule has 1 atom stereocenters. The number of carbonyl (C=O) groups is 2. The molecule has 0 aliphatic rings. The number of aryl methyl sites for hydroxylation is 3. The van der Waals surface area contributed by atoms with E-state index in [9.17, 15) is 9.59 Å². The van der Waals surface area contributed by atoms with E-state index in [1.165, 1.54) is 10.4 Å². The van der Waals surface area contributed by atoms with E-state index in [0.29, 0.717) is 0 Å². The van der Waals surface area contributed by atoms with Crippen LogP contribution in [0.25, 0.3) is 0 Å². The average molecular weight is 423 g/mol. The maximum absolute atomic E-state index is 12.4. The van der Waals surface area contributed by atoms with E-state index < -0.39 is 0 Å². The van der Waals surface area contributed by atoms with Gasteiger partial charge in [-0.05, 0) is 43.3 Å². The number of hydrogen-bond donors (Lipinski definition) is 3. The Morgan fingerprint density at radius 2 is 1.63 bits per heavy atom. The highest BCUT2D eigenvalue weighted by atomic mass is 32.1. The highest BCUT2D eigenvalue weighted by Gasteiger charge is 2.20. The molecule has 2 aromatic carbocycles. The Balaban J connectivity index is 1.54. The molecule has 0 unspecified atom stereocenters. The predicted octanol–water partition coefficient (Wildman–Crippen LogP) is 3.08. The number of thiophene rings is 1. The number of nitrogens with one attached hydrogen (secondary N) is 2. The van der Waals surface area contributed by atoms with Gasteiger partial charge in [-0.1, -0.05) is 54.1 Å². The highest BCUT2D eigenvalue weighted by Crippen LogP contribution is 2.23. The van der Waals surface area contributed by atoms with Crippen molar-refractivity contribution in [2.45, 2.75) is 26.8 Å². The van der Waals surface area contributed by atoms with Gasteiger partial charge < -0.3 is 16.0 Å². The van der Waals surface area contributed by atoms with Crippen LogP contribution in [0.2, 0.25) is 0 Å². The molecule has 3 rings (SSSR count). The SMILES string of the molecule is Cc1ccc([C@@H]([NH2+]CC(=O)NCC(=O)Nc2c(C)cccc2C)c2cccs2)cc1. The second-order valence-electron chi connectivity index (χ2n) is 7.44. The molecule has 5 nitrogen and oxygen atoms in total. The van der Waals surface area contributed by atoms with Crippen LogP contribution in [0.1, 0.15) is 33.2 Å². The quantitative estimate of drug-likeness (QED) is 0.522. The lowest BCUT2D eigenvalue weighted by molar-refractivity contribution is -0.676. The van der Waals surface area contributed by atoms with Crippen LogP contribution < -0.4 is 16.0 Å². The minimum atomic E-state index is -0.228. The second-order valence-corrected chi connectivity index (χ2v) is 8.41. The number of rotatable bonds is 8. The van der Waals surface area contributed by atoms with Crippen LogP contribution in [0.5, 0.6) is 0 Å². The van der Waals surface area contributed by atoms with Crippen molar-refractivity contribution < 1.29 is 14.9 Å². The van der Waals surface area contributed by atoms with E-state index in [4.69, 9.17) is 0 Å². The summed E-state index contributed by atoms with van der Waals surface area (Å²) in [6.45, 7) is 6.16. The summed E-state index contributed by atoms with van der Waals surface area (Å²) in [4.78, 5) is 25.8. The van der Waals surface area contributed by atoms with Gasteiger partial charge in [0.25, 0.3) is 5.91 Å². The van der Waals surface area contributed by atoms with Crippen molar-refractivity contribution in [2.75, 3.05) is 18.4 Å². The van der Waals surface area contributed by atoms with E-state index in [0.717, 1.165) is 22.4 Å². The molecule has 0 aliphatic heterocycles. The topological polar surface area (TPSA) is 74.8 Å². The van der Waals surface area contributed by atoms with Gasteiger partial charge >= 0.3 is 0 Å². The summed E-state index contributed by atoms with van der Waals surface area (Å²) in [5.41, 5.74) is 5.17. The zero-order valence-corrected chi connectivity index (χ0v) is 18.4. The first-order valence-corrected chi connectivity index (χ1v) is 10.9. The molecule has 0 fully saturated rings. The Hall–Kier alpha value is -2.96. The lowest BCUT2D eigenvalue weighted by Crippen LogP contribution is -2.87. The van der Waals surface area contributed by atoms with Crippen molar-refractivity contribution in [3.63, 3.8) is 0 Å². The van der Waals surface area contributed by atoms with E-state index >= 15 is 0 Å². The highest BCUT2D eigenvalue weighted by molar-refractivity contribution is 7.10. The zero-order chi connectivity index (χ0) is 21.5. The van der Waals surface area contributed by atoms with Gasteiger partial charge in [0.2, 0.25) is 5.91 Å². The van der Waals surface area contributed by atoms with Crippen molar-refractivity contribution in [3.05, 3.63) is 87.1 Å². The van der Waals surface area contributed by atoms with E-state index in [-0.39, 0.29) is 30.9 Å². The number of para-hydroxylation sites is 1. The summed E-state index contributed by atoms with van der Waals surface area (Å²) in [6, 6.07) is 18.4. The molecular formula is C24H28N3O2S+. The summed E-state index contributed by atoms with van der Waals surface area (Å²) in [5, 5.41) is 9.67. The molecular weight excluding hydrogens is 394 g/mol. The number of quaternary nitrogens is 1. The van der Waals surface area contributed by atoms with Crippen molar-refractivity contribution in [3.8, 4) is 0 Å². The molecule has 30 heavy (non-hydrogen) atoms. The zero-order valence-electron chi connectivity index (χ0n) is 17.6. The Kier molecular flexibility index (Phi) is 7.38. The lowest BCUT2D eigenvalue weighted by atomic mass is 10.0. The fourth-order valence-electron chi connectivity index (χ4n) is 3.33. The molecule has 1 aromatic heterocycles. The molecule has 3 aromatic rings. The molecule has 4 N–H and O–H groups in total. The lowest BCUT2D eigenvalue weighted by Gasteiger charge is -2.15. The first-order valence-electron chi connectivity index (χ1n) is 10.00. The molecule has 0 spiro atoms. The third-order valence-electron chi connectivity index (χ3n) is 5.02. The molecule has 6 heteroatoms. The maximum Gasteiger partial charge on any atom is 0.275 e. The number of hydrogen-bond acceptors (Lipinski definition) is 3. The molecule has 156 valence electrons. The van der Waals surface area contributed by atoms with E-state index in [2.05, 4.69) is 47.9 Å². The molecule has 0 radical (unpaired) electrons. The van der Waals surface area contributed by atoms with Crippen molar-refractivity contribution in [1.82, 2.24) is 5.32 Å². The number of amides is 2. The van der Waals surface area contributed by atoms with E-state index in [1.54, 1.807) is 11.3 Å². The largest absolute Gasteiger partial charge is 0.342 e. The van der Waals surface area contributed by atoms with Gasteiger partial charge in [-0.3, -0.25) is 9.59 Å². The minimum Gasteiger partial charge on any atom is -0.342 e. The molecule has 0 aliphatic carbocycles. The average Bonchev–Trinajstić information content (AvgIpc) is 3.25. The Morgan fingerprint density at radius 3 is 2.27 bits per heavy atom. The van der Waals surface area contributed by atoms with Gasteiger partial charge in [0, 0.05) is 11.3 Å². The summed E-state index contributed by atoms with van der Waals surface area (Å²) in [7, 11) is 0. The first kappa shape index (κ1) is 21.7. The second kappa shape index (κ2) is 10.2. The first-order chi connectivity index (χ1) is 14.4. The van der Waals surface area contributed by atoms with Crippen LogP contribution in [-0.4, -0.2) is 24.9 Å². The van der Waals surface area contributed by atoms with Gasteiger partial charge in [-0.2, -0.15) is 0 Å². The van der Waals surface area contributed by atoms with Crippen molar-refractivity contribution in [2.24, 2.45) is 0 Å². The van der Waals surface area contributed by atoms with Crippen LogP contribution in [0.3, 0.4) is 0 Å². The van der Waals surface area contributed by atoms with Crippen LogP contribution in [0.4, 0.5) is 5.69 Å². The molecule has 0 bridgehead atoms. The van der Waals surface area contributed by atoms with Crippen LogP contribution >= 0.6 is 11.3 Å². The third kappa shape index (κ3) is 5.78. The Labute approximate surface area is 181 Å². The molecule has 2 amide bonds. The predicted molar refractivity (Wildman–Crippen MR) is 122 cm³/mol. The van der Waals surface area contributed by atoms with E-state index in [1.807, 2.05) is 48.8 Å². The number of nitrogens with two attached hydrogens (primary N) is 1. The van der Waals surface area contributed by atoms with Gasteiger partial charge in [0.1, 0.15) is 6.04 Å². The maximum atomic E-state index is 12.4. The fraction of sp³-hybridized carbons (Fsp3) is 0.250. The van der Waals surface area contributed by atoms with Crippen LogP contribution in [-0.2, 0) is 9.59 Å². The summed E-state index contributed by atoms with van der Waals surface area (Å²) in [5.74, 6) is -0.394. The number of benzene rings is 2. The molecule has 0 saturated heterocycles. The smallest absolute Gasteiger partial charge is 0.275 e. The monoisotopic (exact) mass is 422 g/mol. The van der Waals surface area contributed by atoms with Crippen LogP contribution in [0.15, 0.2) is 60.0 Å². The summed E-state index contributed by atoms with van der Waals surface area (Å²) < 4.78 is 0. The normalized spacial score (nSPS) is 11.7. The van der Waals surface area contributed by atoms with Gasteiger partial charge in [-0.25, -0.2) is 0 Å². The Morgan fingerprint density at radius 1 is 0.933 bits per heavy atom. The third-order valence-corrected chi connectivity index (χ3v) is 5.97. The van der Waals surface area contributed by atoms with Gasteiger partial charge in [-0.15, -0.1) is 11.3 Å². The van der Waals surface area contributed by atoms with Crippen LogP contribution in [0, 0.1) is 20.8 Å². The van der Waals surface area contributed by atoms with Gasteiger partial charge in [0.05, 0.1) is 11.4 Å². The molecule has 1 heterocycles. The van der Waals surface area contributed by atoms with Crippen molar-refractivity contribution in [1.29, 1.82) is 0 Å². The number of carbonyl (C=O) groups excluding carboxylic acids is 2. The van der Waals surface area contributed by atoms with Gasteiger partial charge in [0.15, 0.2) is 6.54 Å². The number of anilines is 1. The Bertz CT molecular complexity index is 978. The van der Waals surface area contributed by atoms with Crippen molar-refractivity contribution >= 4 is 28.8 Å². The minimum absolute atomic E-state index is 0.0470. The molecule has 0 saturated carbocycles.